The van der Waals surface area contributed by atoms with Crippen molar-refractivity contribution in [1.82, 2.24) is 4.90 Å². The van der Waals surface area contributed by atoms with Crippen LogP contribution in [0.3, 0.4) is 0 Å². The second-order valence-electron chi connectivity index (χ2n) is 9.24. The SMILES string of the molecule is COC(=O)c1ccccc1-c1ccccc1CN(C(=O)OC(C)(C)C)C(=O)OC(C)(C)C. The summed E-state index contributed by atoms with van der Waals surface area (Å²) in [5, 5.41) is 0. The van der Waals surface area contributed by atoms with Crippen molar-refractivity contribution < 1.29 is 28.6 Å². The molecule has 2 rings (SSSR count). The summed E-state index contributed by atoms with van der Waals surface area (Å²) in [6.45, 7) is 10.2. The number of carbonyl (C=O) groups is 3. The largest absolute Gasteiger partial charge is 0.465 e. The molecule has 2 aromatic carbocycles. The predicted octanol–water partition coefficient (Wildman–Crippen LogP) is 5.81. The van der Waals surface area contributed by atoms with Crippen LogP contribution >= 0.6 is 0 Å². The van der Waals surface area contributed by atoms with Crippen LogP contribution in [0.2, 0.25) is 0 Å². The van der Waals surface area contributed by atoms with Crippen LogP contribution in [0.25, 0.3) is 11.1 Å². The fraction of sp³-hybridized carbons (Fsp3) is 0.400. The Balaban J connectivity index is 2.51. The fourth-order valence-corrected chi connectivity index (χ4v) is 2.93. The first kappa shape index (κ1) is 24.9. The Bertz CT molecular complexity index is 956. The maximum Gasteiger partial charge on any atom is 0.420 e. The first-order chi connectivity index (χ1) is 14.8. The van der Waals surface area contributed by atoms with Gasteiger partial charge < -0.3 is 14.2 Å². The Morgan fingerprint density at radius 2 is 1.22 bits per heavy atom. The normalized spacial score (nSPS) is 11.5. The van der Waals surface area contributed by atoms with E-state index in [0.29, 0.717) is 22.3 Å². The number of carbonyl (C=O) groups excluding carboxylic acids is 3. The molecule has 0 unspecified atom stereocenters. The third kappa shape index (κ3) is 6.83. The lowest BCUT2D eigenvalue weighted by Gasteiger charge is -2.29. The topological polar surface area (TPSA) is 82.1 Å². The molecule has 0 aliphatic carbocycles. The van der Waals surface area contributed by atoms with Crippen LogP contribution in [0.4, 0.5) is 9.59 Å². The van der Waals surface area contributed by atoms with Gasteiger partial charge in [0.05, 0.1) is 19.2 Å². The summed E-state index contributed by atoms with van der Waals surface area (Å²) in [5.41, 5.74) is 0.737. The number of methoxy groups -OCH3 is 1. The van der Waals surface area contributed by atoms with Gasteiger partial charge in [-0.05, 0) is 64.3 Å². The van der Waals surface area contributed by atoms with Crippen LogP contribution in [0, 0.1) is 0 Å². The van der Waals surface area contributed by atoms with Crippen molar-refractivity contribution in [3.8, 4) is 11.1 Å². The van der Waals surface area contributed by atoms with Gasteiger partial charge in [0.2, 0.25) is 0 Å². The van der Waals surface area contributed by atoms with E-state index in [9.17, 15) is 14.4 Å². The van der Waals surface area contributed by atoms with Gasteiger partial charge in [-0.15, -0.1) is 0 Å². The molecule has 0 atom stereocenters. The number of imide groups is 1. The Kier molecular flexibility index (Phi) is 7.67. The number of hydrogen-bond acceptors (Lipinski definition) is 6. The Labute approximate surface area is 189 Å². The van der Waals surface area contributed by atoms with Crippen molar-refractivity contribution in [3.05, 3.63) is 59.7 Å². The van der Waals surface area contributed by atoms with E-state index in [1.807, 2.05) is 12.1 Å². The lowest BCUT2D eigenvalue weighted by Crippen LogP contribution is -2.43. The molecule has 0 aliphatic heterocycles. The quantitative estimate of drug-likeness (QED) is 0.440. The summed E-state index contributed by atoms with van der Waals surface area (Å²) in [5.74, 6) is -0.480. The average Bonchev–Trinajstić information content (AvgIpc) is 2.69. The highest BCUT2D eigenvalue weighted by Crippen LogP contribution is 2.29. The van der Waals surface area contributed by atoms with Crippen LogP contribution in [-0.4, -0.2) is 41.4 Å². The Hall–Kier alpha value is -3.35. The van der Waals surface area contributed by atoms with E-state index in [-0.39, 0.29) is 6.54 Å². The van der Waals surface area contributed by atoms with Gasteiger partial charge in [-0.1, -0.05) is 42.5 Å². The standard InChI is InChI=1S/C25H31NO6/c1-24(2,3)31-22(28)26(23(29)32-25(4,5)6)16-17-12-8-9-13-18(17)19-14-10-11-15-20(19)21(27)30-7/h8-15H,16H2,1-7H3. The second-order valence-corrected chi connectivity index (χ2v) is 9.24. The Morgan fingerprint density at radius 3 is 1.72 bits per heavy atom. The minimum absolute atomic E-state index is 0.102. The molecule has 0 fully saturated rings. The first-order valence-electron chi connectivity index (χ1n) is 10.3. The summed E-state index contributed by atoms with van der Waals surface area (Å²) in [6.07, 6.45) is -1.63. The molecule has 0 saturated heterocycles. The zero-order valence-electron chi connectivity index (χ0n) is 19.7. The number of rotatable bonds is 4. The molecule has 0 saturated carbocycles. The first-order valence-corrected chi connectivity index (χ1v) is 10.3. The predicted molar refractivity (Wildman–Crippen MR) is 121 cm³/mol. The van der Waals surface area contributed by atoms with Crippen LogP contribution in [0.5, 0.6) is 0 Å². The number of benzene rings is 2. The van der Waals surface area contributed by atoms with Crippen molar-refractivity contribution >= 4 is 18.2 Å². The highest BCUT2D eigenvalue weighted by Gasteiger charge is 2.32. The third-order valence-electron chi connectivity index (χ3n) is 4.20. The third-order valence-corrected chi connectivity index (χ3v) is 4.20. The second kappa shape index (κ2) is 9.85. The summed E-state index contributed by atoms with van der Waals surface area (Å²) in [6, 6.07) is 14.2. The molecule has 0 spiro atoms. The van der Waals surface area contributed by atoms with E-state index < -0.39 is 29.4 Å². The van der Waals surface area contributed by atoms with E-state index in [2.05, 4.69) is 0 Å². The van der Waals surface area contributed by atoms with Crippen LogP contribution in [-0.2, 0) is 20.8 Å². The van der Waals surface area contributed by atoms with E-state index in [4.69, 9.17) is 14.2 Å². The van der Waals surface area contributed by atoms with Crippen molar-refractivity contribution in [1.29, 1.82) is 0 Å². The summed E-state index contributed by atoms with van der Waals surface area (Å²) in [7, 11) is 1.32. The number of amides is 2. The monoisotopic (exact) mass is 441 g/mol. The number of esters is 1. The van der Waals surface area contributed by atoms with Gasteiger partial charge in [0, 0.05) is 0 Å². The minimum Gasteiger partial charge on any atom is -0.465 e. The highest BCUT2D eigenvalue weighted by molar-refractivity contribution is 5.97. The minimum atomic E-state index is -0.817. The molecule has 0 N–H and O–H groups in total. The highest BCUT2D eigenvalue weighted by atomic mass is 16.6. The van der Waals surface area contributed by atoms with Crippen molar-refractivity contribution in [2.45, 2.75) is 59.3 Å². The molecular formula is C25H31NO6. The molecule has 172 valence electrons. The van der Waals surface area contributed by atoms with Crippen molar-refractivity contribution in [2.24, 2.45) is 0 Å². The molecule has 7 heteroatoms. The van der Waals surface area contributed by atoms with E-state index in [0.717, 1.165) is 4.90 Å². The van der Waals surface area contributed by atoms with E-state index in [1.54, 1.807) is 77.9 Å². The molecule has 0 radical (unpaired) electrons. The summed E-state index contributed by atoms with van der Waals surface area (Å²) in [4.78, 5) is 39.0. The average molecular weight is 442 g/mol. The van der Waals surface area contributed by atoms with Gasteiger partial charge in [0.15, 0.2) is 0 Å². The molecule has 32 heavy (non-hydrogen) atoms. The number of nitrogens with zero attached hydrogens (tertiary/aromatic N) is 1. The molecule has 7 nitrogen and oxygen atoms in total. The van der Waals surface area contributed by atoms with Crippen LogP contribution < -0.4 is 0 Å². The molecule has 2 aromatic rings. The van der Waals surface area contributed by atoms with E-state index in [1.165, 1.54) is 7.11 Å². The maximum absolute atomic E-state index is 12.9. The lowest BCUT2D eigenvalue weighted by molar-refractivity contribution is -0.000250. The van der Waals surface area contributed by atoms with Crippen LogP contribution in [0.1, 0.15) is 57.5 Å². The van der Waals surface area contributed by atoms with E-state index >= 15 is 0 Å². The van der Waals surface area contributed by atoms with Crippen LogP contribution in [0.15, 0.2) is 48.5 Å². The molecular weight excluding hydrogens is 410 g/mol. The summed E-state index contributed by atoms with van der Waals surface area (Å²) < 4.78 is 15.8. The van der Waals surface area contributed by atoms with Crippen molar-refractivity contribution in [2.75, 3.05) is 7.11 Å². The summed E-state index contributed by atoms with van der Waals surface area (Å²) >= 11 is 0. The lowest BCUT2D eigenvalue weighted by atomic mass is 9.95. The maximum atomic E-state index is 12.9. The molecule has 0 aromatic heterocycles. The Morgan fingerprint density at radius 1 is 0.750 bits per heavy atom. The molecule has 0 heterocycles. The van der Waals surface area contributed by atoms with Gasteiger partial charge in [0.25, 0.3) is 0 Å². The van der Waals surface area contributed by atoms with Gasteiger partial charge in [-0.2, -0.15) is 0 Å². The van der Waals surface area contributed by atoms with Gasteiger partial charge in [-0.3, -0.25) is 0 Å². The fourth-order valence-electron chi connectivity index (χ4n) is 2.93. The van der Waals surface area contributed by atoms with Gasteiger partial charge in [-0.25, -0.2) is 19.3 Å². The zero-order chi connectivity index (χ0) is 24.1. The molecule has 0 aliphatic rings. The molecule has 2 amide bonds. The van der Waals surface area contributed by atoms with Gasteiger partial charge in [0.1, 0.15) is 11.2 Å². The number of hydrogen-bond donors (Lipinski definition) is 0. The van der Waals surface area contributed by atoms with Gasteiger partial charge >= 0.3 is 18.2 Å². The smallest absolute Gasteiger partial charge is 0.420 e. The zero-order valence-corrected chi connectivity index (χ0v) is 19.7. The van der Waals surface area contributed by atoms with Crippen molar-refractivity contribution in [3.63, 3.8) is 0 Å². The molecule has 0 bridgehead atoms. The number of ether oxygens (including phenoxy) is 3.